The van der Waals surface area contributed by atoms with Gasteiger partial charge in [0.2, 0.25) is 5.89 Å². The van der Waals surface area contributed by atoms with Crippen molar-refractivity contribution in [1.82, 2.24) is 10.2 Å². The van der Waals surface area contributed by atoms with Crippen LogP contribution in [0.4, 0.5) is 0 Å². The van der Waals surface area contributed by atoms with E-state index in [1.54, 1.807) is 0 Å². The molecule has 0 radical (unpaired) electrons. The first-order valence-electron chi connectivity index (χ1n) is 2.33. The molecule has 7 heteroatoms. The number of nitrogens with two attached hydrogens (primary N) is 1. The highest BCUT2D eigenvalue weighted by Gasteiger charge is 2.14. The van der Waals surface area contributed by atoms with Crippen molar-refractivity contribution in [3.05, 3.63) is 5.89 Å². The van der Waals surface area contributed by atoms with Crippen LogP contribution >= 0.6 is 0 Å². The van der Waals surface area contributed by atoms with Crippen LogP contribution in [0.3, 0.4) is 0 Å². The number of hydrogen-bond donors (Lipinski definition) is 1. The van der Waals surface area contributed by atoms with Crippen molar-refractivity contribution in [3.8, 4) is 0 Å². The van der Waals surface area contributed by atoms with Crippen LogP contribution in [0.2, 0.25) is 0 Å². The van der Waals surface area contributed by atoms with Gasteiger partial charge in [0.1, 0.15) is 0 Å². The van der Waals surface area contributed by atoms with Crippen molar-refractivity contribution >= 4 is 10.0 Å². The third kappa shape index (κ3) is 1.31. The Kier molecular flexibility index (Phi) is 1.45. The fourth-order valence-corrected chi connectivity index (χ4v) is 0.785. The fourth-order valence-electron chi connectivity index (χ4n) is 0.393. The predicted molar refractivity (Wildman–Crippen MR) is 30.4 cm³/mol. The molecule has 0 aliphatic carbocycles. The molecule has 56 valence electrons. The molecule has 2 N–H and O–H groups in total. The van der Waals surface area contributed by atoms with E-state index in [1.807, 2.05) is 0 Å². The number of nitrogens with zero attached hydrogens (tertiary/aromatic N) is 2. The molecule has 6 nitrogen and oxygen atoms in total. The first-order valence-corrected chi connectivity index (χ1v) is 3.87. The molecule has 1 aromatic rings. The minimum absolute atomic E-state index is 0.170. The summed E-state index contributed by atoms with van der Waals surface area (Å²) in [7, 11) is -3.82. The number of rotatable bonds is 1. The molecule has 0 amide bonds. The Bertz CT molecular complexity index is 327. The molecule has 1 rings (SSSR count). The van der Waals surface area contributed by atoms with E-state index in [2.05, 4.69) is 19.8 Å². The van der Waals surface area contributed by atoms with Crippen LogP contribution in [0.1, 0.15) is 5.89 Å². The van der Waals surface area contributed by atoms with Crippen LogP contribution < -0.4 is 5.14 Å². The molecule has 0 aromatic carbocycles. The zero-order valence-electron chi connectivity index (χ0n) is 5.10. The molecule has 1 aromatic heterocycles. The van der Waals surface area contributed by atoms with Gasteiger partial charge in [0.25, 0.3) is 10.0 Å². The maximum atomic E-state index is 10.4. The summed E-state index contributed by atoms with van der Waals surface area (Å²) in [5.74, 6) is 0.170. The number of aryl methyl sites for hydroxylation is 1. The molecule has 0 atom stereocenters. The van der Waals surface area contributed by atoms with Gasteiger partial charge < -0.3 is 4.42 Å². The van der Waals surface area contributed by atoms with E-state index in [-0.39, 0.29) is 5.89 Å². The number of sulfonamides is 1. The Balaban J connectivity index is 3.21. The summed E-state index contributed by atoms with van der Waals surface area (Å²) >= 11 is 0. The second-order valence-electron chi connectivity index (χ2n) is 1.63. The number of hydrogen-bond acceptors (Lipinski definition) is 5. The Labute approximate surface area is 57.1 Å². The lowest BCUT2D eigenvalue weighted by atomic mass is 10.8. The summed E-state index contributed by atoms with van der Waals surface area (Å²) in [5, 5.41) is 10.6. The monoisotopic (exact) mass is 163 g/mol. The van der Waals surface area contributed by atoms with E-state index in [9.17, 15) is 8.42 Å². The molecular formula is C3H5N3O3S. The molecule has 10 heavy (non-hydrogen) atoms. The summed E-state index contributed by atoms with van der Waals surface area (Å²) in [5.41, 5.74) is 0. The van der Waals surface area contributed by atoms with Crippen LogP contribution in [0, 0.1) is 6.92 Å². The molecule has 0 saturated carbocycles. The quantitative estimate of drug-likeness (QED) is 0.574. The van der Waals surface area contributed by atoms with E-state index in [1.165, 1.54) is 6.92 Å². The van der Waals surface area contributed by atoms with Gasteiger partial charge in [0.15, 0.2) is 0 Å². The Morgan fingerprint density at radius 3 is 2.30 bits per heavy atom. The third-order valence-electron chi connectivity index (χ3n) is 0.751. The lowest BCUT2D eigenvalue weighted by molar-refractivity contribution is 0.410. The van der Waals surface area contributed by atoms with Crippen molar-refractivity contribution < 1.29 is 12.8 Å². The van der Waals surface area contributed by atoms with Crippen LogP contribution in [0.25, 0.3) is 0 Å². The van der Waals surface area contributed by atoms with Crippen molar-refractivity contribution in [1.29, 1.82) is 0 Å². The normalized spacial score (nSPS) is 11.8. The summed E-state index contributed by atoms with van der Waals surface area (Å²) in [6.07, 6.45) is 0. The van der Waals surface area contributed by atoms with Crippen LogP contribution in [-0.4, -0.2) is 18.6 Å². The molecule has 0 unspecified atom stereocenters. The average molecular weight is 163 g/mol. The van der Waals surface area contributed by atoms with Gasteiger partial charge in [0.05, 0.1) is 0 Å². The number of aromatic nitrogens is 2. The summed E-state index contributed by atoms with van der Waals surface area (Å²) in [6.45, 7) is 1.47. The van der Waals surface area contributed by atoms with Gasteiger partial charge in [-0.15, -0.1) is 5.10 Å². The topological polar surface area (TPSA) is 99.1 Å². The molecule has 0 aliphatic heterocycles. The maximum absolute atomic E-state index is 10.4. The Morgan fingerprint density at radius 1 is 1.50 bits per heavy atom. The summed E-state index contributed by atoms with van der Waals surface area (Å²) < 4.78 is 25.4. The molecule has 0 bridgehead atoms. The lowest BCUT2D eigenvalue weighted by Crippen LogP contribution is -2.12. The van der Waals surface area contributed by atoms with E-state index in [0.29, 0.717) is 0 Å². The Hall–Kier alpha value is -0.950. The van der Waals surface area contributed by atoms with Crippen molar-refractivity contribution in [2.45, 2.75) is 12.1 Å². The van der Waals surface area contributed by atoms with Gasteiger partial charge in [0, 0.05) is 6.92 Å². The third-order valence-corrected chi connectivity index (χ3v) is 1.40. The van der Waals surface area contributed by atoms with E-state index >= 15 is 0 Å². The smallest absolute Gasteiger partial charge is 0.350 e. The summed E-state index contributed by atoms with van der Waals surface area (Å²) in [4.78, 5) is 0. The SMILES string of the molecule is Cc1nnc(S(N)(=O)=O)o1. The molecule has 0 saturated heterocycles. The zero-order chi connectivity index (χ0) is 7.78. The fraction of sp³-hybridized carbons (Fsp3) is 0.333. The van der Waals surface area contributed by atoms with Gasteiger partial charge >= 0.3 is 5.22 Å². The highest BCUT2D eigenvalue weighted by Crippen LogP contribution is 2.01. The van der Waals surface area contributed by atoms with Gasteiger partial charge in [-0.05, 0) is 0 Å². The van der Waals surface area contributed by atoms with Crippen LogP contribution in [-0.2, 0) is 10.0 Å². The van der Waals surface area contributed by atoms with E-state index in [0.717, 1.165) is 0 Å². The maximum Gasteiger partial charge on any atom is 0.350 e. The zero-order valence-corrected chi connectivity index (χ0v) is 5.92. The van der Waals surface area contributed by atoms with Gasteiger partial charge in [-0.2, -0.15) is 0 Å². The number of primary sulfonamides is 1. The van der Waals surface area contributed by atoms with Crippen molar-refractivity contribution in [2.75, 3.05) is 0 Å². The second-order valence-corrected chi connectivity index (χ2v) is 3.07. The first kappa shape index (κ1) is 7.16. The standard InChI is InChI=1S/C3H5N3O3S/c1-2-5-6-3(9-2)10(4,7)8/h1H3,(H2,4,7,8). The van der Waals surface area contributed by atoms with Crippen LogP contribution in [0.15, 0.2) is 9.64 Å². The highest BCUT2D eigenvalue weighted by atomic mass is 32.2. The molecule has 1 heterocycles. The molecule has 0 aliphatic rings. The second kappa shape index (κ2) is 2.03. The summed E-state index contributed by atoms with van der Waals surface area (Å²) in [6, 6.07) is 0. The minimum Gasteiger partial charge on any atom is -0.412 e. The van der Waals surface area contributed by atoms with E-state index in [4.69, 9.17) is 0 Å². The highest BCUT2D eigenvalue weighted by molar-refractivity contribution is 7.88. The average Bonchev–Trinajstić information content (AvgIpc) is 2.11. The van der Waals surface area contributed by atoms with Gasteiger partial charge in [-0.1, -0.05) is 5.10 Å². The van der Waals surface area contributed by atoms with E-state index < -0.39 is 15.2 Å². The minimum atomic E-state index is -3.82. The Morgan fingerprint density at radius 2 is 2.10 bits per heavy atom. The van der Waals surface area contributed by atoms with Crippen LogP contribution in [0.5, 0.6) is 0 Å². The first-order chi connectivity index (χ1) is 4.50. The molecule has 0 fully saturated rings. The molecular weight excluding hydrogens is 158 g/mol. The van der Waals surface area contributed by atoms with Crippen molar-refractivity contribution in [3.63, 3.8) is 0 Å². The van der Waals surface area contributed by atoms with Gasteiger partial charge in [-0.25, -0.2) is 13.6 Å². The van der Waals surface area contributed by atoms with Gasteiger partial charge in [-0.3, -0.25) is 0 Å². The largest absolute Gasteiger partial charge is 0.412 e. The predicted octanol–water partition coefficient (Wildman–Crippen LogP) is -0.975. The van der Waals surface area contributed by atoms with Crippen molar-refractivity contribution in [2.24, 2.45) is 5.14 Å². The lowest BCUT2D eigenvalue weighted by Gasteiger charge is -1.83. The molecule has 0 spiro atoms.